The fourth-order valence-electron chi connectivity index (χ4n) is 1.68. The van der Waals surface area contributed by atoms with Crippen LogP contribution in [0.25, 0.3) is 0 Å². The molecule has 0 spiro atoms. The van der Waals surface area contributed by atoms with E-state index in [0.29, 0.717) is 12.2 Å². The third kappa shape index (κ3) is 1.81. The summed E-state index contributed by atoms with van der Waals surface area (Å²) >= 11 is 0. The van der Waals surface area contributed by atoms with E-state index in [9.17, 15) is 13.2 Å². The molecule has 16 heavy (non-hydrogen) atoms. The van der Waals surface area contributed by atoms with Gasteiger partial charge in [-0.1, -0.05) is 12.1 Å². The minimum Gasteiger partial charge on any atom is -0.326 e. The molecule has 1 amide bonds. The lowest BCUT2D eigenvalue weighted by Crippen LogP contribution is -2.29. The van der Waals surface area contributed by atoms with Gasteiger partial charge in [0.05, 0.1) is 11.4 Å². The molecule has 1 aromatic rings. The van der Waals surface area contributed by atoms with E-state index in [1.807, 2.05) is 0 Å². The van der Waals surface area contributed by atoms with Gasteiger partial charge in [0, 0.05) is 13.0 Å². The molecule has 0 unspecified atom stereocenters. The number of hydrogen-bond acceptors (Lipinski definition) is 4. The van der Waals surface area contributed by atoms with Gasteiger partial charge in [0.25, 0.3) is 0 Å². The van der Waals surface area contributed by atoms with E-state index in [1.165, 1.54) is 0 Å². The van der Waals surface area contributed by atoms with Gasteiger partial charge >= 0.3 is 0 Å². The second-order valence-corrected chi connectivity index (χ2v) is 5.54. The number of sulfonamides is 1. The largest absolute Gasteiger partial charge is 0.326 e. The van der Waals surface area contributed by atoms with Crippen molar-refractivity contribution >= 4 is 21.6 Å². The number of anilines is 1. The summed E-state index contributed by atoms with van der Waals surface area (Å²) in [6, 6.07) is 6.70. The van der Waals surface area contributed by atoms with Crippen LogP contribution >= 0.6 is 0 Å². The minimum atomic E-state index is -3.47. The highest BCUT2D eigenvalue weighted by molar-refractivity contribution is 7.94. The topological polar surface area (TPSA) is 80.5 Å². The molecule has 1 saturated heterocycles. The lowest BCUT2D eigenvalue weighted by molar-refractivity contribution is -0.116. The zero-order chi connectivity index (χ0) is 11.8. The highest BCUT2D eigenvalue weighted by Crippen LogP contribution is 2.25. The van der Waals surface area contributed by atoms with Crippen LogP contribution in [-0.2, 0) is 21.4 Å². The van der Waals surface area contributed by atoms with Gasteiger partial charge in [0.2, 0.25) is 15.9 Å². The van der Waals surface area contributed by atoms with E-state index in [1.54, 1.807) is 24.3 Å². The lowest BCUT2D eigenvalue weighted by Gasteiger charge is -2.15. The van der Waals surface area contributed by atoms with Crippen LogP contribution in [-0.4, -0.2) is 20.1 Å². The number of carbonyl (C=O) groups excluding carboxylic acids is 1. The lowest BCUT2D eigenvalue weighted by atomic mass is 10.2. The molecule has 1 heterocycles. The predicted octanol–water partition coefficient (Wildman–Crippen LogP) is 0.212. The van der Waals surface area contributed by atoms with E-state index in [4.69, 9.17) is 5.73 Å². The first kappa shape index (κ1) is 11.1. The van der Waals surface area contributed by atoms with Gasteiger partial charge in [-0.05, 0) is 17.7 Å². The Morgan fingerprint density at radius 1 is 1.38 bits per heavy atom. The Bertz CT molecular complexity index is 525. The number of amides is 1. The van der Waals surface area contributed by atoms with E-state index >= 15 is 0 Å². The Morgan fingerprint density at radius 2 is 2.12 bits per heavy atom. The number of carbonyl (C=O) groups is 1. The van der Waals surface area contributed by atoms with Gasteiger partial charge < -0.3 is 5.73 Å². The first-order chi connectivity index (χ1) is 7.54. The molecule has 1 aromatic carbocycles. The zero-order valence-corrected chi connectivity index (χ0v) is 9.40. The molecule has 0 radical (unpaired) electrons. The Kier molecular flexibility index (Phi) is 2.69. The van der Waals surface area contributed by atoms with E-state index < -0.39 is 10.0 Å². The van der Waals surface area contributed by atoms with E-state index in [-0.39, 0.29) is 18.1 Å². The Labute approximate surface area is 93.9 Å². The van der Waals surface area contributed by atoms with Crippen molar-refractivity contribution in [2.24, 2.45) is 5.73 Å². The summed E-state index contributed by atoms with van der Waals surface area (Å²) in [6.07, 6.45) is 0.0508. The molecule has 2 N–H and O–H groups in total. The molecular weight excluding hydrogens is 228 g/mol. The van der Waals surface area contributed by atoms with Crippen molar-refractivity contribution in [3.05, 3.63) is 29.8 Å². The minimum absolute atomic E-state index is 0.0508. The summed E-state index contributed by atoms with van der Waals surface area (Å²) < 4.78 is 24.2. The van der Waals surface area contributed by atoms with Gasteiger partial charge in [-0.15, -0.1) is 0 Å². The standard InChI is InChI=1S/C10H12N2O3S/c11-7-8-2-1-3-9(6-8)12-10(13)4-5-16(12,14)15/h1-3,6H,4-5,7,11H2. The van der Waals surface area contributed by atoms with Gasteiger partial charge in [-0.25, -0.2) is 12.7 Å². The third-order valence-electron chi connectivity index (χ3n) is 2.46. The molecule has 0 atom stereocenters. The number of benzene rings is 1. The number of nitrogens with zero attached hydrogens (tertiary/aromatic N) is 1. The van der Waals surface area contributed by atoms with Crippen molar-refractivity contribution < 1.29 is 13.2 Å². The van der Waals surface area contributed by atoms with Crippen LogP contribution in [0.5, 0.6) is 0 Å². The van der Waals surface area contributed by atoms with Crippen LogP contribution in [0.1, 0.15) is 12.0 Å². The monoisotopic (exact) mass is 240 g/mol. The van der Waals surface area contributed by atoms with Gasteiger partial charge in [0.15, 0.2) is 0 Å². The normalized spacial score (nSPS) is 19.1. The SMILES string of the molecule is NCc1cccc(N2C(=O)CCS2(=O)=O)c1. The molecule has 0 bridgehead atoms. The number of hydrogen-bond donors (Lipinski definition) is 1. The highest BCUT2D eigenvalue weighted by atomic mass is 32.2. The molecule has 1 fully saturated rings. The molecule has 1 aliphatic rings. The van der Waals surface area contributed by atoms with Gasteiger partial charge in [0.1, 0.15) is 0 Å². The van der Waals surface area contributed by atoms with Crippen molar-refractivity contribution in [2.45, 2.75) is 13.0 Å². The van der Waals surface area contributed by atoms with Gasteiger partial charge in [-0.3, -0.25) is 4.79 Å². The van der Waals surface area contributed by atoms with Crippen LogP contribution in [0, 0.1) is 0 Å². The second kappa shape index (κ2) is 3.88. The molecule has 5 nitrogen and oxygen atoms in total. The summed E-state index contributed by atoms with van der Waals surface area (Å²) in [4.78, 5) is 11.5. The maximum absolute atomic E-state index is 11.6. The van der Waals surface area contributed by atoms with Crippen LogP contribution in [0.3, 0.4) is 0 Å². The average molecular weight is 240 g/mol. The van der Waals surface area contributed by atoms with Crippen molar-refractivity contribution in [1.82, 2.24) is 0 Å². The molecule has 2 rings (SSSR count). The molecular formula is C10H12N2O3S. The first-order valence-electron chi connectivity index (χ1n) is 4.89. The second-order valence-electron chi connectivity index (χ2n) is 3.60. The van der Waals surface area contributed by atoms with E-state index in [0.717, 1.165) is 9.87 Å². The predicted molar refractivity (Wildman–Crippen MR) is 60.2 cm³/mol. The molecule has 0 aromatic heterocycles. The Balaban J connectivity index is 2.47. The number of nitrogens with two attached hydrogens (primary N) is 1. The summed E-state index contributed by atoms with van der Waals surface area (Å²) in [6.45, 7) is 0.315. The van der Waals surface area contributed by atoms with Crippen molar-refractivity contribution in [1.29, 1.82) is 0 Å². The van der Waals surface area contributed by atoms with Crippen LogP contribution in [0.4, 0.5) is 5.69 Å². The first-order valence-corrected chi connectivity index (χ1v) is 6.50. The molecule has 0 saturated carbocycles. The fourth-order valence-corrected chi connectivity index (χ4v) is 3.13. The summed E-state index contributed by atoms with van der Waals surface area (Å²) in [5.41, 5.74) is 6.65. The molecule has 1 aliphatic heterocycles. The molecule has 0 aliphatic carbocycles. The van der Waals surface area contributed by atoms with Crippen LogP contribution in [0.2, 0.25) is 0 Å². The van der Waals surface area contributed by atoms with Gasteiger partial charge in [-0.2, -0.15) is 0 Å². The summed E-state index contributed by atoms with van der Waals surface area (Å²) in [5.74, 6) is -0.493. The zero-order valence-electron chi connectivity index (χ0n) is 8.59. The van der Waals surface area contributed by atoms with Crippen LogP contribution in [0.15, 0.2) is 24.3 Å². The van der Waals surface area contributed by atoms with Crippen molar-refractivity contribution in [2.75, 3.05) is 10.1 Å². The van der Waals surface area contributed by atoms with Crippen LogP contribution < -0.4 is 10.0 Å². The van der Waals surface area contributed by atoms with Crippen molar-refractivity contribution in [3.8, 4) is 0 Å². The van der Waals surface area contributed by atoms with E-state index in [2.05, 4.69) is 0 Å². The molecule has 6 heteroatoms. The summed E-state index contributed by atoms with van der Waals surface area (Å²) in [7, 11) is -3.47. The summed E-state index contributed by atoms with van der Waals surface area (Å²) in [5, 5.41) is 0. The highest BCUT2D eigenvalue weighted by Gasteiger charge is 2.36. The fraction of sp³-hybridized carbons (Fsp3) is 0.300. The Morgan fingerprint density at radius 3 is 2.69 bits per heavy atom. The third-order valence-corrected chi connectivity index (χ3v) is 4.15. The smallest absolute Gasteiger partial charge is 0.242 e. The quantitative estimate of drug-likeness (QED) is 0.801. The number of rotatable bonds is 2. The maximum atomic E-state index is 11.6. The Hall–Kier alpha value is -1.40. The molecule has 86 valence electrons. The van der Waals surface area contributed by atoms with Crippen molar-refractivity contribution in [3.63, 3.8) is 0 Å². The maximum Gasteiger partial charge on any atom is 0.242 e. The average Bonchev–Trinajstić information content (AvgIpc) is 2.53.